The summed E-state index contributed by atoms with van der Waals surface area (Å²) in [6, 6.07) is 4.19. The van der Waals surface area contributed by atoms with Gasteiger partial charge < -0.3 is 5.11 Å². The molecule has 2 rings (SSSR count). The number of carboxylic acid groups (broad SMARTS) is 1. The van der Waals surface area contributed by atoms with Crippen molar-refractivity contribution in [3.8, 4) is 0 Å². The minimum absolute atomic E-state index is 0.185. The van der Waals surface area contributed by atoms with Gasteiger partial charge in [-0.15, -0.1) is 0 Å². The molecule has 0 bridgehead atoms. The fourth-order valence-corrected chi connectivity index (χ4v) is 2.37. The minimum Gasteiger partial charge on any atom is -0.477 e. The van der Waals surface area contributed by atoms with Crippen LogP contribution in [0.5, 0.6) is 0 Å². The van der Waals surface area contributed by atoms with Crippen molar-refractivity contribution in [2.45, 2.75) is 38.8 Å². The molecule has 1 aliphatic heterocycles. The highest BCUT2D eigenvalue weighted by Gasteiger charge is 2.20. The summed E-state index contributed by atoms with van der Waals surface area (Å²) in [7, 11) is 0. The topological polar surface area (TPSA) is 53.4 Å². The van der Waals surface area contributed by atoms with E-state index >= 15 is 0 Å². The maximum Gasteiger partial charge on any atom is 0.354 e. The second-order valence-electron chi connectivity index (χ2n) is 4.63. The Morgan fingerprint density at radius 3 is 3.12 bits per heavy atom. The van der Waals surface area contributed by atoms with Gasteiger partial charge in [0.05, 0.1) is 0 Å². The molecule has 0 spiro atoms. The molecule has 1 unspecified atom stereocenters. The molecule has 1 atom stereocenters. The van der Waals surface area contributed by atoms with Crippen LogP contribution in [0.2, 0.25) is 0 Å². The predicted octanol–water partition coefficient (Wildman–Crippen LogP) is 2.15. The monoisotopic (exact) mass is 234 g/mol. The fraction of sp³-hybridized carbons (Fsp3) is 0.538. The van der Waals surface area contributed by atoms with Gasteiger partial charge in [-0.05, 0) is 37.9 Å². The first-order valence-corrected chi connectivity index (χ1v) is 6.09. The molecule has 1 aromatic heterocycles. The average molecular weight is 234 g/mol. The first-order valence-electron chi connectivity index (χ1n) is 6.09. The van der Waals surface area contributed by atoms with Gasteiger partial charge in [0.15, 0.2) is 5.69 Å². The zero-order valence-electron chi connectivity index (χ0n) is 10.1. The van der Waals surface area contributed by atoms with Gasteiger partial charge in [-0.1, -0.05) is 12.5 Å². The second-order valence-corrected chi connectivity index (χ2v) is 4.63. The number of aromatic carboxylic acids is 1. The molecule has 1 saturated heterocycles. The Morgan fingerprint density at radius 2 is 2.41 bits per heavy atom. The minimum atomic E-state index is -0.940. The maximum atomic E-state index is 11.1. The van der Waals surface area contributed by atoms with Gasteiger partial charge in [0, 0.05) is 18.8 Å². The zero-order chi connectivity index (χ0) is 12.3. The summed E-state index contributed by atoms with van der Waals surface area (Å²) < 4.78 is 0. The molecule has 1 aromatic rings. The van der Waals surface area contributed by atoms with Crippen molar-refractivity contribution < 1.29 is 9.90 Å². The Kier molecular flexibility index (Phi) is 3.74. The van der Waals surface area contributed by atoms with E-state index in [1.807, 2.05) is 6.07 Å². The van der Waals surface area contributed by atoms with Crippen LogP contribution in [0.15, 0.2) is 18.3 Å². The molecule has 0 amide bonds. The van der Waals surface area contributed by atoms with Crippen molar-refractivity contribution in [2.24, 2.45) is 0 Å². The molecule has 0 aromatic carbocycles. The standard InChI is InChI=1S/C13H18N2O2/c1-10-5-2-3-8-15(10)9-11-6-4-7-14-12(11)13(16)17/h4,6-7,10H,2-3,5,8-9H2,1H3,(H,16,17). The van der Waals surface area contributed by atoms with Crippen LogP contribution >= 0.6 is 0 Å². The number of hydrogen-bond acceptors (Lipinski definition) is 3. The van der Waals surface area contributed by atoms with E-state index in [9.17, 15) is 4.79 Å². The smallest absolute Gasteiger partial charge is 0.354 e. The third-order valence-corrected chi connectivity index (χ3v) is 3.41. The lowest BCUT2D eigenvalue weighted by molar-refractivity contribution is 0.0686. The maximum absolute atomic E-state index is 11.1. The van der Waals surface area contributed by atoms with Gasteiger partial charge in [0.2, 0.25) is 0 Å². The molecule has 4 nitrogen and oxygen atoms in total. The van der Waals surface area contributed by atoms with E-state index in [1.54, 1.807) is 6.07 Å². The number of likely N-dealkylation sites (tertiary alicyclic amines) is 1. The van der Waals surface area contributed by atoms with Crippen LogP contribution in [0, 0.1) is 0 Å². The van der Waals surface area contributed by atoms with Crippen molar-refractivity contribution in [2.75, 3.05) is 6.54 Å². The van der Waals surface area contributed by atoms with Gasteiger partial charge in [-0.2, -0.15) is 0 Å². The number of carbonyl (C=O) groups is 1. The van der Waals surface area contributed by atoms with Gasteiger partial charge in [-0.3, -0.25) is 4.90 Å². The Hall–Kier alpha value is -1.42. The van der Waals surface area contributed by atoms with Crippen LogP contribution in [0.25, 0.3) is 0 Å². The molecular weight excluding hydrogens is 216 g/mol. The summed E-state index contributed by atoms with van der Waals surface area (Å²) in [5, 5.41) is 9.08. The van der Waals surface area contributed by atoms with E-state index in [2.05, 4.69) is 16.8 Å². The highest BCUT2D eigenvalue weighted by atomic mass is 16.4. The summed E-state index contributed by atoms with van der Waals surface area (Å²) in [6.45, 7) is 3.95. The molecule has 1 N–H and O–H groups in total. The van der Waals surface area contributed by atoms with E-state index in [0.717, 1.165) is 12.1 Å². The summed E-state index contributed by atoms with van der Waals surface area (Å²) in [5.41, 5.74) is 0.999. The highest BCUT2D eigenvalue weighted by molar-refractivity contribution is 5.86. The summed E-state index contributed by atoms with van der Waals surface area (Å²) in [5.74, 6) is -0.940. The average Bonchev–Trinajstić information content (AvgIpc) is 2.32. The van der Waals surface area contributed by atoms with Crippen molar-refractivity contribution in [3.63, 3.8) is 0 Å². The quantitative estimate of drug-likeness (QED) is 0.870. The summed E-state index contributed by atoms with van der Waals surface area (Å²) in [4.78, 5) is 17.3. The molecule has 2 heterocycles. The van der Waals surface area contributed by atoms with E-state index in [0.29, 0.717) is 12.6 Å². The van der Waals surface area contributed by atoms with Crippen LogP contribution in [-0.4, -0.2) is 33.5 Å². The van der Waals surface area contributed by atoms with E-state index in [1.165, 1.54) is 25.5 Å². The number of piperidine rings is 1. The second kappa shape index (κ2) is 5.27. The van der Waals surface area contributed by atoms with Gasteiger partial charge in [0.25, 0.3) is 0 Å². The molecule has 1 aliphatic rings. The molecule has 0 saturated carbocycles. The number of pyridine rings is 1. The largest absolute Gasteiger partial charge is 0.477 e. The number of nitrogens with zero attached hydrogens (tertiary/aromatic N) is 2. The molecule has 92 valence electrons. The Labute approximate surface area is 101 Å². The Bertz CT molecular complexity index is 406. The lowest BCUT2D eigenvalue weighted by atomic mass is 10.0. The SMILES string of the molecule is CC1CCCCN1Cc1cccnc1C(=O)O. The van der Waals surface area contributed by atoms with Gasteiger partial charge >= 0.3 is 5.97 Å². The van der Waals surface area contributed by atoms with Gasteiger partial charge in [-0.25, -0.2) is 9.78 Å². The highest BCUT2D eigenvalue weighted by Crippen LogP contribution is 2.20. The molecule has 0 aliphatic carbocycles. The van der Waals surface area contributed by atoms with Crippen LogP contribution in [-0.2, 0) is 6.54 Å². The van der Waals surface area contributed by atoms with Crippen LogP contribution in [0.3, 0.4) is 0 Å². The first-order chi connectivity index (χ1) is 8.18. The number of aromatic nitrogens is 1. The first kappa shape index (κ1) is 12.0. The Morgan fingerprint density at radius 1 is 1.59 bits per heavy atom. The molecule has 17 heavy (non-hydrogen) atoms. The van der Waals surface area contributed by atoms with Gasteiger partial charge in [0.1, 0.15) is 0 Å². The lowest BCUT2D eigenvalue weighted by Gasteiger charge is -2.33. The molecule has 1 fully saturated rings. The van der Waals surface area contributed by atoms with E-state index in [-0.39, 0.29) is 5.69 Å². The summed E-state index contributed by atoms with van der Waals surface area (Å²) >= 11 is 0. The third kappa shape index (κ3) is 2.82. The molecular formula is C13H18N2O2. The van der Waals surface area contributed by atoms with Crippen molar-refractivity contribution >= 4 is 5.97 Å². The number of rotatable bonds is 3. The van der Waals surface area contributed by atoms with E-state index < -0.39 is 5.97 Å². The molecule has 0 radical (unpaired) electrons. The zero-order valence-corrected chi connectivity index (χ0v) is 10.1. The number of carboxylic acids is 1. The number of hydrogen-bond donors (Lipinski definition) is 1. The predicted molar refractivity (Wildman–Crippen MR) is 64.9 cm³/mol. The van der Waals surface area contributed by atoms with Crippen molar-refractivity contribution in [1.29, 1.82) is 0 Å². The van der Waals surface area contributed by atoms with E-state index in [4.69, 9.17) is 5.11 Å². The summed E-state index contributed by atoms with van der Waals surface area (Å²) in [6.07, 6.45) is 5.21. The molecule has 4 heteroatoms. The Balaban J connectivity index is 2.14. The van der Waals surface area contributed by atoms with Crippen LogP contribution < -0.4 is 0 Å². The fourth-order valence-electron chi connectivity index (χ4n) is 2.37. The van der Waals surface area contributed by atoms with Crippen molar-refractivity contribution in [3.05, 3.63) is 29.6 Å². The lowest BCUT2D eigenvalue weighted by Crippen LogP contribution is -2.37. The van der Waals surface area contributed by atoms with Crippen LogP contribution in [0.1, 0.15) is 42.2 Å². The normalized spacial score (nSPS) is 21.4. The third-order valence-electron chi connectivity index (χ3n) is 3.41. The van der Waals surface area contributed by atoms with Crippen molar-refractivity contribution in [1.82, 2.24) is 9.88 Å². The van der Waals surface area contributed by atoms with Crippen LogP contribution in [0.4, 0.5) is 0 Å².